The summed E-state index contributed by atoms with van der Waals surface area (Å²) < 4.78 is 6.03. The van der Waals surface area contributed by atoms with E-state index in [9.17, 15) is 0 Å². The maximum atomic E-state index is 6.03. The normalized spacial score (nSPS) is 11.0. The number of benzene rings is 2. The Morgan fingerprint density at radius 3 is 2.36 bits per heavy atom. The van der Waals surface area contributed by atoms with Crippen LogP contribution < -0.4 is 0 Å². The summed E-state index contributed by atoms with van der Waals surface area (Å²) in [6.45, 7) is 1.98. The molecule has 0 spiro atoms. The Labute approximate surface area is 163 Å². The zero-order valence-corrected chi connectivity index (χ0v) is 15.5. The number of fused-ring (bicyclic) bond motifs is 1. The minimum atomic E-state index is 0.835. The summed E-state index contributed by atoms with van der Waals surface area (Å²) in [6.07, 6.45) is 3.67. The highest BCUT2D eigenvalue weighted by atomic mass is 16.3. The third-order valence-corrected chi connectivity index (χ3v) is 4.87. The lowest BCUT2D eigenvalue weighted by Gasteiger charge is -2.05. The molecule has 5 aromatic rings. The number of furan rings is 1. The average molecular weight is 362 g/mol. The molecule has 0 saturated heterocycles. The van der Waals surface area contributed by atoms with Crippen LogP contribution in [0, 0.1) is 6.92 Å². The number of hydrogen-bond donors (Lipinski definition) is 0. The van der Waals surface area contributed by atoms with E-state index in [4.69, 9.17) is 4.42 Å². The average Bonchev–Trinajstić information content (AvgIpc) is 3.18. The lowest BCUT2D eigenvalue weighted by atomic mass is 10.0. The second-order valence-corrected chi connectivity index (χ2v) is 6.85. The first-order valence-corrected chi connectivity index (χ1v) is 9.25. The summed E-state index contributed by atoms with van der Waals surface area (Å²) in [7, 11) is 0. The molecule has 134 valence electrons. The summed E-state index contributed by atoms with van der Waals surface area (Å²) in [5, 5.41) is 1.08. The molecule has 0 amide bonds. The number of hydrogen-bond acceptors (Lipinski definition) is 3. The van der Waals surface area contributed by atoms with Crippen LogP contribution in [0.4, 0.5) is 0 Å². The van der Waals surface area contributed by atoms with Crippen molar-refractivity contribution in [2.24, 2.45) is 0 Å². The Hall–Kier alpha value is -3.72. The third kappa shape index (κ3) is 3.08. The molecule has 3 heterocycles. The zero-order valence-electron chi connectivity index (χ0n) is 15.5. The van der Waals surface area contributed by atoms with Gasteiger partial charge in [-0.3, -0.25) is 9.97 Å². The molecule has 3 aromatic heterocycles. The predicted molar refractivity (Wildman–Crippen MR) is 113 cm³/mol. The fourth-order valence-electron chi connectivity index (χ4n) is 3.37. The van der Waals surface area contributed by atoms with Gasteiger partial charge in [-0.1, -0.05) is 30.3 Å². The number of pyridine rings is 2. The van der Waals surface area contributed by atoms with E-state index >= 15 is 0 Å². The van der Waals surface area contributed by atoms with Crippen molar-refractivity contribution in [2.75, 3.05) is 0 Å². The second kappa shape index (κ2) is 6.78. The van der Waals surface area contributed by atoms with Crippen LogP contribution in [0.15, 0.2) is 95.7 Å². The van der Waals surface area contributed by atoms with Gasteiger partial charge in [0.2, 0.25) is 0 Å². The molecule has 0 atom stereocenters. The largest absolute Gasteiger partial charge is 0.456 e. The summed E-state index contributed by atoms with van der Waals surface area (Å²) in [5.41, 5.74) is 7.25. The van der Waals surface area contributed by atoms with Crippen LogP contribution in [0.5, 0.6) is 0 Å². The predicted octanol–water partition coefficient (Wildman–Crippen LogP) is 6.53. The van der Waals surface area contributed by atoms with Crippen molar-refractivity contribution in [3.63, 3.8) is 0 Å². The molecule has 0 aliphatic rings. The van der Waals surface area contributed by atoms with Gasteiger partial charge in [0.1, 0.15) is 11.3 Å². The molecule has 5 rings (SSSR count). The van der Waals surface area contributed by atoms with Crippen molar-refractivity contribution in [3.05, 3.63) is 97.0 Å². The Kier molecular flexibility index (Phi) is 3.99. The highest BCUT2D eigenvalue weighted by molar-refractivity contribution is 5.87. The number of rotatable bonds is 3. The maximum Gasteiger partial charge on any atom is 0.136 e. The second-order valence-electron chi connectivity index (χ2n) is 6.85. The van der Waals surface area contributed by atoms with Gasteiger partial charge in [0.05, 0.1) is 5.69 Å². The third-order valence-electron chi connectivity index (χ3n) is 4.87. The molecule has 0 aliphatic carbocycles. The van der Waals surface area contributed by atoms with Gasteiger partial charge in [-0.15, -0.1) is 0 Å². The molecule has 0 bridgehead atoms. The zero-order chi connectivity index (χ0) is 18.9. The van der Waals surface area contributed by atoms with Crippen molar-refractivity contribution in [3.8, 4) is 33.7 Å². The number of aryl methyl sites for hydroxylation is 1. The molecule has 0 fully saturated rings. The molecule has 28 heavy (non-hydrogen) atoms. The first-order chi connectivity index (χ1) is 13.8. The smallest absolute Gasteiger partial charge is 0.136 e. The van der Waals surface area contributed by atoms with E-state index in [-0.39, 0.29) is 0 Å². The molecule has 3 nitrogen and oxygen atoms in total. The molecule has 3 heteroatoms. The van der Waals surface area contributed by atoms with E-state index in [1.807, 2.05) is 55.7 Å². The van der Waals surface area contributed by atoms with Crippen molar-refractivity contribution in [2.45, 2.75) is 6.92 Å². The summed E-state index contributed by atoms with van der Waals surface area (Å²) in [6, 6.07) is 26.8. The topological polar surface area (TPSA) is 38.9 Å². The molecule has 0 N–H and O–H groups in total. The fraction of sp³-hybridized carbons (Fsp3) is 0.0400. The van der Waals surface area contributed by atoms with E-state index in [1.165, 1.54) is 0 Å². The van der Waals surface area contributed by atoms with Gasteiger partial charge in [-0.2, -0.15) is 0 Å². The van der Waals surface area contributed by atoms with Gasteiger partial charge < -0.3 is 4.42 Å². The Bertz CT molecular complexity index is 1250. The molecule has 2 aromatic carbocycles. The SMILES string of the molecule is Cc1ccc(-c2cc3cc(-c4cccc(-c5ccccn5)c4)ccc3o2)cn1. The van der Waals surface area contributed by atoms with Gasteiger partial charge in [-0.25, -0.2) is 0 Å². The van der Waals surface area contributed by atoms with E-state index in [0.717, 1.165) is 50.4 Å². The van der Waals surface area contributed by atoms with Crippen LogP contribution in [0.3, 0.4) is 0 Å². The van der Waals surface area contributed by atoms with Crippen LogP contribution in [-0.2, 0) is 0 Å². The summed E-state index contributed by atoms with van der Waals surface area (Å²) in [4.78, 5) is 8.82. The molecule has 0 aliphatic heterocycles. The lowest BCUT2D eigenvalue weighted by Crippen LogP contribution is -1.83. The Morgan fingerprint density at radius 1 is 0.679 bits per heavy atom. The molecule has 0 unspecified atom stereocenters. The van der Waals surface area contributed by atoms with Gasteiger partial charge in [0, 0.05) is 34.6 Å². The monoisotopic (exact) mass is 362 g/mol. The standard InChI is InChI=1S/C25H18N2O/c1-17-8-9-21(16-27-17)25-15-22-14-19(10-11-24(22)28-25)18-5-4-6-20(13-18)23-7-2-3-12-26-23/h2-16H,1H3. The molecular weight excluding hydrogens is 344 g/mol. The minimum absolute atomic E-state index is 0.835. The van der Waals surface area contributed by atoms with Crippen LogP contribution in [0.2, 0.25) is 0 Å². The quantitative estimate of drug-likeness (QED) is 0.366. The van der Waals surface area contributed by atoms with Crippen LogP contribution in [0.25, 0.3) is 44.7 Å². The van der Waals surface area contributed by atoms with Crippen LogP contribution >= 0.6 is 0 Å². The van der Waals surface area contributed by atoms with Gasteiger partial charge >= 0.3 is 0 Å². The van der Waals surface area contributed by atoms with Crippen LogP contribution in [0.1, 0.15) is 5.69 Å². The molecule has 0 radical (unpaired) electrons. The van der Waals surface area contributed by atoms with Gasteiger partial charge in [-0.05, 0) is 66.6 Å². The van der Waals surface area contributed by atoms with E-state index < -0.39 is 0 Å². The highest BCUT2D eigenvalue weighted by Crippen LogP contribution is 2.32. The lowest BCUT2D eigenvalue weighted by molar-refractivity contribution is 0.631. The molecule has 0 saturated carbocycles. The summed E-state index contributed by atoms with van der Waals surface area (Å²) >= 11 is 0. The van der Waals surface area contributed by atoms with Gasteiger partial charge in [0.15, 0.2) is 0 Å². The Morgan fingerprint density at radius 2 is 1.54 bits per heavy atom. The number of aromatic nitrogens is 2. The minimum Gasteiger partial charge on any atom is -0.456 e. The van der Waals surface area contributed by atoms with E-state index in [1.54, 1.807) is 0 Å². The Balaban J connectivity index is 1.54. The first-order valence-electron chi connectivity index (χ1n) is 9.25. The van der Waals surface area contributed by atoms with Crippen molar-refractivity contribution >= 4 is 11.0 Å². The van der Waals surface area contributed by atoms with E-state index in [0.29, 0.717) is 0 Å². The molecular formula is C25H18N2O. The maximum absolute atomic E-state index is 6.03. The van der Waals surface area contributed by atoms with Crippen molar-refractivity contribution in [1.82, 2.24) is 9.97 Å². The van der Waals surface area contributed by atoms with Crippen molar-refractivity contribution in [1.29, 1.82) is 0 Å². The highest BCUT2D eigenvalue weighted by Gasteiger charge is 2.09. The summed E-state index contributed by atoms with van der Waals surface area (Å²) in [5.74, 6) is 0.835. The number of nitrogens with zero attached hydrogens (tertiary/aromatic N) is 2. The van der Waals surface area contributed by atoms with Gasteiger partial charge in [0.25, 0.3) is 0 Å². The van der Waals surface area contributed by atoms with E-state index in [2.05, 4.69) is 52.4 Å². The van der Waals surface area contributed by atoms with Crippen LogP contribution in [-0.4, -0.2) is 9.97 Å². The fourth-order valence-corrected chi connectivity index (χ4v) is 3.37. The first kappa shape index (κ1) is 16.5. The van der Waals surface area contributed by atoms with Crippen molar-refractivity contribution < 1.29 is 4.42 Å².